The molecule has 0 aromatic heterocycles. The van der Waals surface area contributed by atoms with Gasteiger partial charge >= 0.3 is 0 Å². The standard InChI is InChI=1S/C23H27NO/c1-18(19-11-5-2-6-12-19)24-22(20-13-7-3-8-14-20)17-23(25)21-15-9-4-10-16-21/h2-3,5-8,11-15,18,22,24H,4,9-10,16-17H2,1H3/t18-,22+/m1/s1. The summed E-state index contributed by atoms with van der Waals surface area (Å²) in [5, 5.41) is 3.67. The Labute approximate surface area is 151 Å². The second kappa shape index (κ2) is 8.77. The van der Waals surface area contributed by atoms with Crippen molar-refractivity contribution in [1.29, 1.82) is 0 Å². The Morgan fingerprint density at radius 3 is 2.20 bits per heavy atom. The lowest BCUT2D eigenvalue weighted by Gasteiger charge is -2.24. The van der Waals surface area contributed by atoms with Gasteiger partial charge in [-0.15, -0.1) is 0 Å². The Bertz CT molecular complexity index is 705. The monoisotopic (exact) mass is 333 g/mol. The molecule has 2 aromatic rings. The number of ketones is 1. The maximum atomic E-state index is 12.8. The molecule has 2 atom stereocenters. The van der Waals surface area contributed by atoms with Gasteiger partial charge in [-0.1, -0.05) is 66.7 Å². The van der Waals surface area contributed by atoms with Crippen LogP contribution < -0.4 is 5.32 Å². The molecule has 2 nitrogen and oxygen atoms in total. The van der Waals surface area contributed by atoms with E-state index in [4.69, 9.17) is 0 Å². The van der Waals surface area contributed by atoms with Crippen molar-refractivity contribution in [3.63, 3.8) is 0 Å². The van der Waals surface area contributed by atoms with Crippen molar-refractivity contribution in [2.45, 2.75) is 51.1 Å². The fraction of sp³-hybridized carbons (Fsp3) is 0.348. The quantitative estimate of drug-likeness (QED) is 0.721. The minimum Gasteiger partial charge on any atom is -0.303 e. The summed E-state index contributed by atoms with van der Waals surface area (Å²) < 4.78 is 0. The van der Waals surface area contributed by atoms with Crippen LogP contribution in [-0.4, -0.2) is 5.78 Å². The summed E-state index contributed by atoms with van der Waals surface area (Å²) in [5.41, 5.74) is 3.45. The van der Waals surface area contributed by atoms with Crippen molar-refractivity contribution < 1.29 is 4.79 Å². The van der Waals surface area contributed by atoms with Gasteiger partial charge in [0, 0.05) is 18.5 Å². The molecule has 2 heteroatoms. The van der Waals surface area contributed by atoms with Crippen molar-refractivity contribution in [2.24, 2.45) is 0 Å². The van der Waals surface area contributed by atoms with Gasteiger partial charge in [0.25, 0.3) is 0 Å². The van der Waals surface area contributed by atoms with E-state index in [0.717, 1.165) is 24.8 Å². The Hall–Kier alpha value is -2.19. The summed E-state index contributed by atoms with van der Waals surface area (Å²) in [5.74, 6) is 0.293. The smallest absolute Gasteiger partial charge is 0.160 e. The van der Waals surface area contributed by atoms with E-state index in [-0.39, 0.29) is 12.1 Å². The molecule has 0 saturated carbocycles. The van der Waals surface area contributed by atoms with Gasteiger partial charge in [0.1, 0.15) is 0 Å². The average molecular weight is 333 g/mol. The maximum absolute atomic E-state index is 12.8. The van der Waals surface area contributed by atoms with Crippen LogP contribution in [0.3, 0.4) is 0 Å². The molecule has 25 heavy (non-hydrogen) atoms. The summed E-state index contributed by atoms with van der Waals surface area (Å²) in [4.78, 5) is 12.8. The molecule has 0 heterocycles. The topological polar surface area (TPSA) is 29.1 Å². The van der Waals surface area contributed by atoms with E-state index < -0.39 is 0 Å². The second-order valence-electron chi connectivity index (χ2n) is 6.86. The summed E-state index contributed by atoms with van der Waals surface area (Å²) in [6.07, 6.45) is 7.00. The number of benzene rings is 2. The zero-order valence-electron chi connectivity index (χ0n) is 14.9. The van der Waals surface area contributed by atoms with Gasteiger partial charge in [-0.05, 0) is 49.3 Å². The van der Waals surface area contributed by atoms with Gasteiger partial charge in [-0.3, -0.25) is 4.79 Å². The van der Waals surface area contributed by atoms with Crippen LogP contribution in [0.15, 0.2) is 72.3 Å². The molecule has 0 spiro atoms. The van der Waals surface area contributed by atoms with Crippen molar-refractivity contribution in [2.75, 3.05) is 0 Å². The normalized spacial score (nSPS) is 16.8. The largest absolute Gasteiger partial charge is 0.303 e. The predicted octanol–water partition coefficient (Wildman–Crippen LogP) is 5.54. The van der Waals surface area contributed by atoms with Crippen molar-refractivity contribution in [3.05, 3.63) is 83.4 Å². The molecule has 0 fully saturated rings. The first-order valence-electron chi connectivity index (χ1n) is 9.32. The van der Waals surface area contributed by atoms with E-state index in [1.54, 1.807) is 0 Å². The Kier molecular flexibility index (Phi) is 6.19. The highest BCUT2D eigenvalue weighted by Gasteiger charge is 2.21. The molecule has 0 amide bonds. The van der Waals surface area contributed by atoms with Crippen LogP contribution in [0.1, 0.15) is 62.2 Å². The second-order valence-corrected chi connectivity index (χ2v) is 6.86. The summed E-state index contributed by atoms with van der Waals surface area (Å²) in [6.45, 7) is 2.16. The van der Waals surface area contributed by atoms with Crippen LogP contribution in [0.2, 0.25) is 0 Å². The molecule has 3 rings (SSSR count). The van der Waals surface area contributed by atoms with Crippen LogP contribution in [0.25, 0.3) is 0 Å². The maximum Gasteiger partial charge on any atom is 0.160 e. The van der Waals surface area contributed by atoms with Crippen LogP contribution in [-0.2, 0) is 4.79 Å². The first kappa shape index (κ1) is 17.6. The molecule has 0 saturated heterocycles. The van der Waals surface area contributed by atoms with Crippen LogP contribution in [0, 0.1) is 0 Å². The number of rotatable bonds is 7. The molecule has 0 radical (unpaired) electrons. The van der Waals surface area contributed by atoms with E-state index >= 15 is 0 Å². The molecular weight excluding hydrogens is 306 g/mol. The van der Waals surface area contributed by atoms with Gasteiger partial charge in [0.15, 0.2) is 5.78 Å². The zero-order chi connectivity index (χ0) is 17.5. The Morgan fingerprint density at radius 2 is 1.60 bits per heavy atom. The van der Waals surface area contributed by atoms with Gasteiger partial charge in [-0.25, -0.2) is 0 Å². The molecule has 130 valence electrons. The zero-order valence-corrected chi connectivity index (χ0v) is 14.9. The molecule has 0 aliphatic heterocycles. The van der Waals surface area contributed by atoms with Crippen molar-refractivity contribution in [1.82, 2.24) is 5.32 Å². The molecule has 0 bridgehead atoms. The molecule has 0 unspecified atom stereocenters. The van der Waals surface area contributed by atoms with Gasteiger partial charge in [-0.2, -0.15) is 0 Å². The first-order chi connectivity index (χ1) is 12.2. The van der Waals surface area contributed by atoms with E-state index in [1.807, 2.05) is 24.3 Å². The molecule has 2 aromatic carbocycles. The highest BCUT2D eigenvalue weighted by molar-refractivity contribution is 5.95. The molecule has 1 aliphatic rings. The van der Waals surface area contributed by atoms with Crippen LogP contribution in [0.4, 0.5) is 0 Å². The lowest BCUT2D eigenvalue weighted by molar-refractivity contribution is -0.116. The third-order valence-electron chi connectivity index (χ3n) is 4.99. The number of allylic oxidation sites excluding steroid dienone is 2. The lowest BCUT2D eigenvalue weighted by Crippen LogP contribution is -2.27. The Morgan fingerprint density at radius 1 is 0.960 bits per heavy atom. The number of carbonyl (C=O) groups is 1. The van der Waals surface area contributed by atoms with Gasteiger partial charge < -0.3 is 5.32 Å². The van der Waals surface area contributed by atoms with Gasteiger partial charge in [0.2, 0.25) is 0 Å². The molecular formula is C23H27NO. The number of hydrogen-bond donors (Lipinski definition) is 1. The van der Waals surface area contributed by atoms with Crippen molar-refractivity contribution in [3.8, 4) is 0 Å². The Balaban J connectivity index is 1.76. The van der Waals surface area contributed by atoms with Crippen LogP contribution >= 0.6 is 0 Å². The third-order valence-corrected chi connectivity index (χ3v) is 4.99. The minimum absolute atomic E-state index is 0.0340. The van der Waals surface area contributed by atoms with Gasteiger partial charge in [0.05, 0.1) is 0 Å². The molecule has 1 aliphatic carbocycles. The average Bonchev–Trinajstić information content (AvgIpc) is 2.69. The van der Waals surface area contributed by atoms with E-state index in [9.17, 15) is 4.79 Å². The third kappa shape index (κ3) is 4.90. The van der Waals surface area contributed by atoms with E-state index in [0.29, 0.717) is 12.2 Å². The number of hydrogen-bond acceptors (Lipinski definition) is 2. The van der Waals surface area contributed by atoms with Crippen molar-refractivity contribution >= 4 is 5.78 Å². The summed E-state index contributed by atoms with van der Waals surface area (Å²) >= 11 is 0. The lowest BCUT2D eigenvalue weighted by atomic mass is 9.91. The highest BCUT2D eigenvalue weighted by Crippen LogP contribution is 2.26. The fourth-order valence-corrected chi connectivity index (χ4v) is 3.51. The van der Waals surface area contributed by atoms with E-state index in [1.165, 1.54) is 17.5 Å². The van der Waals surface area contributed by atoms with Crippen LogP contribution in [0.5, 0.6) is 0 Å². The predicted molar refractivity (Wildman–Crippen MR) is 103 cm³/mol. The number of carbonyl (C=O) groups excluding carboxylic acids is 1. The van der Waals surface area contributed by atoms with E-state index in [2.05, 4.69) is 54.7 Å². The highest BCUT2D eigenvalue weighted by atomic mass is 16.1. The SMILES string of the molecule is C[C@@H](N[C@@H](CC(=O)C1=CCCCC1)c1ccccc1)c1ccccc1. The first-order valence-corrected chi connectivity index (χ1v) is 9.32. The number of nitrogens with one attached hydrogen (secondary N) is 1. The number of Topliss-reactive ketones (excluding diaryl/α,β-unsaturated/α-hetero) is 1. The molecule has 1 N–H and O–H groups in total. The fourth-order valence-electron chi connectivity index (χ4n) is 3.51. The summed E-state index contributed by atoms with van der Waals surface area (Å²) in [7, 11) is 0. The minimum atomic E-state index is 0.0340. The summed E-state index contributed by atoms with van der Waals surface area (Å²) in [6, 6.07) is 21.0.